The molecule has 1 atom stereocenters. The zero-order chi connectivity index (χ0) is 11.8. The molecule has 0 aliphatic heterocycles. The van der Waals surface area contributed by atoms with Gasteiger partial charge in [-0.15, -0.1) is 6.58 Å². The van der Waals surface area contributed by atoms with Gasteiger partial charge in [0.2, 0.25) is 0 Å². The summed E-state index contributed by atoms with van der Waals surface area (Å²) in [5, 5.41) is 8.44. The summed E-state index contributed by atoms with van der Waals surface area (Å²) in [5.41, 5.74) is 0. The summed E-state index contributed by atoms with van der Waals surface area (Å²) in [4.78, 5) is 11.1. The fourth-order valence-corrected chi connectivity index (χ4v) is 1.20. The monoisotopic (exact) mass is 240 g/mol. The lowest BCUT2D eigenvalue weighted by Gasteiger charge is -2.06. The fourth-order valence-electron chi connectivity index (χ4n) is 0.804. The van der Waals surface area contributed by atoms with Crippen molar-refractivity contribution in [3.05, 3.63) is 43.0 Å². The first-order valence-corrected chi connectivity index (χ1v) is 5.33. The maximum absolute atomic E-state index is 11.1. The molecule has 0 aliphatic rings. The molecule has 0 saturated carbocycles. The first-order chi connectivity index (χ1) is 7.72. The second-order valence-electron chi connectivity index (χ2n) is 2.84. The zero-order valence-corrected chi connectivity index (χ0v) is 9.35. The summed E-state index contributed by atoms with van der Waals surface area (Å²) >= 11 is 0.575. The Morgan fingerprint density at radius 2 is 2.19 bits per heavy atom. The Bertz CT molecular complexity index is 339. The first-order valence-electron chi connectivity index (χ1n) is 4.59. The van der Waals surface area contributed by atoms with Crippen LogP contribution in [0.1, 0.15) is 0 Å². The van der Waals surface area contributed by atoms with E-state index in [-0.39, 0.29) is 6.61 Å². The number of carbonyl (C=O) groups is 1. The standard InChI is InChI=1S/C11H12O4S/c1-2-9(12)8-14-11(13)16-15-10-6-4-3-5-7-10/h2-7,9,12H,1,8H2. The molecule has 0 amide bonds. The van der Waals surface area contributed by atoms with E-state index < -0.39 is 11.4 Å². The molecule has 0 radical (unpaired) electrons. The highest BCUT2D eigenvalue weighted by molar-refractivity contribution is 8.09. The van der Waals surface area contributed by atoms with Crippen LogP contribution in [0.4, 0.5) is 4.79 Å². The predicted octanol–water partition coefficient (Wildman–Crippen LogP) is 2.40. The highest BCUT2D eigenvalue weighted by atomic mass is 32.2. The summed E-state index contributed by atoms with van der Waals surface area (Å²) in [7, 11) is 0. The van der Waals surface area contributed by atoms with Gasteiger partial charge in [0.05, 0.1) is 0 Å². The molecule has 1 unspecified atom stereocenters. The normalized spacial score (nSPS) is 11.6. The Kier molecular flexibility index (Phi) is 5.45. The average Bonchev–Trinajstić information content (AvgIpc) is 2.34. The van der Waals surface area contributed by atoms with Crippen molar-refractivity contribution in [2.24, 2.45) is 0 Å². The van der Waals surface area contributed by atoms with E-state index in [0.717, 1.165) is 0 Å². The number of benzene rings is 1. The predicted molar refractivity (Wildman–Crippen MR) is 62.2 cm³/mol. The number of hydrogen-bond acceptors (Lipinski definition) is 5. The van der Waals surface area contributed by atoms with Crippen molar-refractivity contribution >= 4 is 17.3 Å². The van der Waals surface area contributed by atoms with Gasteiger partial charge < -0.3 is 14.0 Å². The minimum atomic E-state index is -0.846. The van der Waals surface area contributed by atoms with Gasteiger partial charge in [-0.25, -0.2) is 4.79 Å². The van der Waals surface area contributed by atoms with Crippen LogP contribution in [0, 0.1) is 0 Å². The van der Waals surface area contributed by atoms with Crippen LogP contribution in [0.15, 0.2) is 43.0 Å². The Morgan fingerprint density at radius 3 is 2.81 bits per heavy atom. The molecule has 0 fully saturated rings. The van der Waals surface area contributed by atoms with Gasteiger partial charge in [0, 0.05) is 0 Å². The van der Waals surface area contributed by atoms with E-state index in [9.17, 15) is 4.79 Å². The Labute approximate surface area is 98.1 Å². The van der Waals surface area contributed by atoms with Crippen molar-refractivity contribution in [3.63, 3.8) is 0 Å². The van der Waals surface area contributed by atoms with Crippen LogP contribution < -0.4 is 4.18 Å². The third-order valence-electron chi connectivity index (χ3n) is 1.59. The van der Waals surface area contributed by atoms with E-state index in [1.807, 2.05) is 6.07 Å². The molecule has 0 saturated heterocycles. The molecule has 5 heteroatoms. The molecule has 0 bridgehead atoms. The fraction of sp³-hybridized carbons (Fsp3) is 0.182. The maximum Gasteiger partial charge on any atom is 0.407 e. The topological polar surface area (TPSA) is 55.8 Å². The van der Waals surface area contributed by atoms with Crippen LogP contribution in [0.2, 0.25) is 0 Å². The highest BCUT2D eigenvalue weighted by Gasteiger charge is 2.08. The third-order valence-corrected chi connectivity index (χ3v) is 2.12. The van der Waals surface area contributed by atoms with Crippen molar-refractivity contribution in [2.75, 3.05) is 6.61 Å². The van der Waals surface area contributed by atoms with E-state index >= 15 is 0 Å². The second kappa shape index (κ2) is 6.92. The Hall–Kier alpha value is -1.46. The van der Waals surface area contributed by atoms with Gasteiger partial charge in [0.15, 0.2) is 12.0 Å². The van der Waals surface area contributed by atoms with Gasteiger partial charge in [0.1, 0.15) is 18.5 Å². The van der Waals surface area contributed by atoms with E-state index in [1.54, 1.807) is 24.3 Å². The van der Waals surface area contributed by atoms with E-state index in [0.29, 0.717) is 17.8 Å². The number of ether oxygens (including phenoxy) is 1. The second-order valence-corrected chi connectivity index (χ2v) is 3.51. The highest BCUT2D eigenvalue weighted by Crippen LogP contribution is 2.16. The molecule has 0 heterocycles. The van der Waals surface area contributed by atoms with Gasteiger partial charge in [-0.05, 0) is 12.1 Å². The number of para-hydroxylation sites is 1. The van der Waals surface area contributed by atoms with Crippen LogP contribution in [0.5, 0.6) is 5.75 Å². The van der Waals surface area contributed by atoms with Crippen LogP contribution >= 0.6 is 12.0 Å². The average molecular weight is 240 g/mol. The molecular weight excluding hydrogens is 228 g/mol. The molecule has 16 heavy (non-hydrogen) atoms. The quantitative estimate of drug-likeness (QED) is 0.486. The van der Waals surface area contributed by atoms with Crippen molar-refractivity contribution in [3.8, 4) is 5.75 Å². The third kappa shape index (κ3) is 4.86. The molecule has 0 aromatic heterocycles. The van der Waals surface area contributed by atoms with Gasteiger partial charge in [-0.2, -0.15) is 0 Å². The molecule has 0 aliphatic carbocycles. The molecule has 1 N–H and O–H groups in total. The molecular formula is C11H12O4S. The van der Waals surface area contributed by atoms with Crippen LogP contribution in [0.25, 0.3) is 0 Å². The van der Waals surface area contributed by atoms with Crippen molar-refractivity contribution in [1.29, 1.82) is 0 Å². The smallest absolute Gasteiger partial charge is 0.407 e. The SMILES string of the molecule is C=CC(O)COC(=O)SOc1ccccc1. The number of hydrogen-bond donors (Lipinski definition) is 1. The van der Waals surface area contributed by atoms with E-state index in [2.05, 4.69) is 6.58 Å². The lowest BCUT2D eigenvalue weighted by Crippen LogP contribution is -2.14. The summed E-state index contributed by atoms with van der Waals surface area (Å²) < 4.78 is 9.76. The number of aliphatic hydroxyl groups is 1. The maximum atomic E-state index is 11.1. The zero-order valence-electron chi connectivity index (χ0n) is 8.54. The van der Waals surface area contributed by atoms with E-state index in [4.69, 9.17) is 14.0 Å². The van der Waals surface area contributed by atoms with Crippen molar-refractivity contribution in [1.82, 2.24) is 0 Å². The summed E-state index contributed by atoms with van der Waals surface area (Å²) in [5.74, 6) is 0.564. The minimum absolute atomic E-state index is 0.118. The molecule has 4 nitrogen and oxygen atoms in total. The molecule has 1 rings (SSSR count). The van der Waals surface area contributed by atoms with Crippen LogP contribution in [-0.4, -0.2) is 23.1 Å². The Balaban J connectivity index is 2.23. The summed E-state index contributed by atoms with van der Waals surface area (Å²) in [6.07, 6.45) is 0.442. The minimum Gasteiger partial charge on any atom is -0.452 e. The van der Waals surface area contributed by atoms with Gasteiger partial charge >= 0.3 is 5.30 Å². The summed E-state index contributed by atoms with van der Waals surface area (Å²) in [6.45, 7) is 3.24. The molecule has 1 aromatic carbocycles. The number of rotatable bonds is 5. The number of aliphatic hydroxyl groups excluding tert-OH is 1. The largest absolute Gasteiger partial charge is 0.452 e. The van der Waals surface area contributed by atoms with Crippen LogP contribution in [0.3, 0.4) is 0 Å². The summed E-state index contributed by atoms with van der Waals surface area (Å²) in [6, 6.07) is 8.87. The van der Waals surface area contributed by atoms with Crippen LogP contribution in [-0.2, 0) is 4.74 Å². The lowest BCUT2D eigenvalue weighted by atomic mass is 10.3. The van der Waals surface area contributed by atoms with Crippen molar-refractivity contribution in [2.45, 2.75) is 6.10 Å². The van der Waals surface area contributed by atoms with Gasteiger partial charge in [0.25, 0.3) is 0 Å². The molecule has 86 valence electrons. The lowest BCUT2D eigenvalue weighted by molar-refractivity contribution is 0.108. The van der Waals surface area contributed by atoms with Crippen molar-refractivity contribution < 1.29 is 18.8 Å². The molecule has 0 spiro atoms. The van der Waals surface area contributed by atoms with Gasteiger partial charge in [-0.3, -0.25) is 0 Å². The first kappa shape index (κ1) is 12.6. The van der Waals surface area contributed by atoms with Gasteiger partial charge in [-0.1, -0.05) is 24.3 Å². The Morgan fingerprint density at radius 1 is 1.50 bits per heavy atom. The number of carbonyl (C=O) groups excluding carboxylic acids is 1. The van der Waals surface area contributed by atoms with E-state index in [1.165, 1.54) is 6.08 Å². The molecule has 1 aromatic rings.